The van der Waals surface area contributed by atoms with Crippen molar-refractivity contribution in [3.63, 3.8) is 0 Å². The maximum absolute atomic E-state index is 12.3. The fraction of sp³-hybridized carbons (Fsp3) is 0.556. The van der Waals surface area contributed by atoms with Gasteiger partial charge in [-0.25, -0.2) is 4.79 Å². The Bertz CT molecular complexity index is 540. The van der Waals surface area contributed by atoms with Crippen molar-refractivity contribution in [1.82, 2.24) is 15.1 Å². The average Bonchev–Trinajstić information content (AvgIpc) is 3.11. The lowest BCUT2D eigenvalue weighted by Crippen LogP contribution is -2.46. The first-order chi connectivity index (χ1) is 11.2. The summed E-state index contributed by atoms with van der Waals surface area (Å²) in [5.74, 6) is 0.441. The van der Waals surface area contributed by atoms with Crippen LogP contribution in [0.1, 0.15) is 37.2 Å². The largest absolute Gasteiger partial charge is 0.341 e. The van der Waals surface area contributed by atoms with Gasteiger partial charge in [0.05, 0.1) is 6.54 Å². The summed E-state index contributed by atoms with van der Waals surface area (Å²) in [6.45, 7) is 3.26. The maximum Gasteiger partial charge on any atom is 0.317 e. The van der Waals surface area contributed by atoms with Gasteiger partial charge in [0.2, 0.25) is 5.91 Å². The number of urea groups is 1. The van der Waals surface area contributed by atoms with Crippen molar-refractivity contribution >= 4 is 11.9 Å². The molecule has 0 saturated carbocycles. The van der Waals surface area contributed by atoms with E-state index in [9.17, 15) is 9.59 Å². The minimum Gasteiger partial charge on any atom is -0.341 e. The molecule has 0 bridgehead atoms. The van der Waals surface area contributed by atoms with Crippen molar-refractivity contribution in [2.75, 3.05) is 32.7 Å². The van der Waals surface area contributed by atoms with Gasteiger partial charge in [0.15, 0.2) is 0 Å². The van der Waals surface area contributed by atoms with Crippen molar-refractivity contribution in [3.05, 3.63) is 35.9 Å². The second-order valence-corrected chi connectivity index (χ2v) is 6.44. The van der Waals surface area contributed by atoms with Crippen LogP contribution in [0.15, 0.2) is 30.3 Å². The highest BCUT2D eigenvalue weighted by atomic mass is 16.2. The molecule has 2 aliphatic rings. The number of piperidine rings is 1. The quantitative estimate of drug-likeness (QED) is 0.929. The van der Waals surface area contributed by atoms with E-state index < -0.39 is 0 Å². The number of nitrogens with zero attached hydrogens (tertiary/aromatic N) is 2. The molecule has 23 heavy (non-hydrogen) atoms. The summed E-state index contributed by atoms with van der Waals surface area (Å²) in [5, 5.41) is 2.79. The van der Waals surface area contributed by atoms with Crippen molar-refractivity contribution in [2.45, 2.75) is 31.6 Å². The van der Waals surface area contributed by atoms with E-state index in [4.69, 9.17) is 0 Å². The van der Waals surface area contributed by atoms with Crippen LogP contribution < -0.4 is 5.32 Å². The predicted octanol–water partition coefficient (Wildman–Crippen LogP) is 2.20. The first-order valence-electron chi connectivity index (χ1n) is 8.59. The summed E-state index contributed by atoms with van der Waals surface area (Å²) < 4.78 is 0. The third kappa shape index (κ3) is 4.03. The van der Waals surface area contributed by atoms with Crippen molar-refractivity contribution in [3.8, 4) is 0 Å². The van der Waals surface area contributed by atoms with Crippen LogP contribution in [0, 0.1) is 0 Å². The zero-order valence-electron chi connectivity index (χ0n) is 13.5. The van der Waals surface area contributed by atoms with Gasteiger partial charge >= 0.3 is 6.03 Å². The smallest absolute Gasteiger partial charge is 0.317 e. The van der Waals surface area contributed by atoms with Gasteiger partial charge in [-0.1, -0.05) is 30.3 Å². The number of amides is 3. The van der Waals surface area contributed by atoms with Crippen LogP contribution in [0.5, 0.6) is 0 Å². The SMILES string of the molecule is O=C(CNC(=O)N1CC[C@H](c2ccccc2)C1)N1CCCCC1. The van der Waals surface area contributed by atoms with Crippen LogP contribution >= 0.6 is 0 Å². The summed E-state index contributed by atoms with van der Waals surface area (Å²) >= 11 is 0. The summed E-state index contributed by atoms with van der Waals surface area (Å²) in [6.07, 6.45) is 4.33. The molecule has 1 N–H and O–H groups in total. The Balaban J connectivity index is 1.45. The number of likely N-dealkylation sites (tertiary alicyclic amines) is 2. The molecule has 1 aromatic carbocycles. The van der Waals surface area contributed by atoms with Crippen LogP contribution in [0.25, 0.3) is 0 Å². The van der Waals surface area contributed by atoms with Crippen LogP contribution in [0.2, 0.25) is 0 Å². The molecule has 5 heteroatoms. The topological polar surface area (TPSA) is 52.7 Å². The van der Waals surface area contributed by atoms with Crippen LogP contribution in [-0.2, 0) is 4.79 Å². The predicted molar refractivity (Wildman–Crippen MR) is 89.2 cm³/mol. The van der Waals surface area contributed by atoms with Gasteiger partial charge in [-0.2, -0.15) is 0 Å². The van der Waals surface area contributed by atoms with Crippen molar-refractivity contribution in [2.24, 2.45) is 0 Å². The molecule has 3 rings (SSSR count). The molecule has 3 amide bonds. The molecule has 2 saturated heterocycles. The minimum atomic E-state index is -0.117. The lowest BCUT2D eigenvalue weighted by atomic mass is 9.99. The third-order valence-electron chi connectivity index (χ3n) is 4.85. The highest BCUT2D eigenvalue weighted by molar-refractivity contribution is 5.84. The second-order valence-electron chi connectivity index (χ2n) is 6.44. The van der Waals surface area contributed by atoms with E-state index in [1.165, 1.54) is 12.0 Å². The molecule has 0 radical (unpaired) electrons. The Labute approximate surface area is 137 Å². The number of rotatable bonds is 3. The number of carbonyl (C=O) groups is 2. The number of benzene rings is 1. The van der Waals surface area contributed by atoms with Crippen molar-refractivity contribution < 1.29 is 9.59 Å². The normalized spacial score (nSPS) is 21.3. The number of nitrogens with one attached hydrogen (secondary N) is 1. The minimum absolute atomic E-state index is 0.0388. The Morgan fingerprint density at radius 1 is 1.00 bits per heavy atom. The van der Waals surface area contributed by atoms with E-state index in [-0.39, 0.29) is 18.5 Å². The molecule has 2 aliphatic heterocycles. The fourth-order valence-electron chi connectivity index (χ4n) is 3.46. The molecule has 0 aliphatic carbocycles. The Morgan fingerprint density at radius 3 is 2.48 bits per heavy atom. The highest BCUT2D eigenvalue weighted by Crippen LogP contribution is 2.26. The lowest BCUT2D eigenvalue weighted by molar-refractivity contribution is -0.130. The van der Waals surface area contributed by atoms with Crippen LogP contribution in [0.3, 0.4) is 0 Å². The van der Waals surface area contributed by atoms with Gasteiger partial charge in [0.1, 0.15) is 0 Å². The van der Waals surface area contributed by atoms with Crippen LogP contribution in [0.4, 0.5) is 4.79 Å². The van der Waals surface area contributed by atoms with E-state index in [2.05, 4.69) is 17.4 Å². The Morgan fingerprint density at radius 2 is 1.74 bits per heavy atom. The second kappa shape index (κ2) is 7.49. The summed E-state index contributed by atoms with van der Waals surface area (Å²) in [7, 11) is 0. The molecular weight excluding hydrogens is 290 g/mol. The number of hydrogen-bond acceptors (Lipinski definition) is 2. The molecular formula is C18H25N3O2. The van der Waals surface area contributed by atoms with Gasteiger partial charge in [-0.3, -0.25) is 4.79 Å². The zero-order valence-corrected chi connectivity index (χ0v) is 13.5. The first kappa shape index (κ1) is 15.8. The van der Waals surface area contributed by atoms with E-state index in [1.54, 1.807) is 0 Å². The standard InChI is InChI=1S/C18H25N3O2/c22-17(20-10-5-2-6-11-20)13-19-18(23)21-12-9-16(14-21)15-7-3-1-4-8-15/h1,3-4,7-8,16H,2,5-6,9-14H2,(H,19,23)/t16-/m0/s1. The van der Waals surface area contributed by atoms with Gasteiger partial charge in [0.25, 0.3) is 0 Å². The number of carbonyl (C=O) groups excluding carboxylic acids is 2. The molecule has 124 valence electrons. The summed E-state index contributed by atoms with van der Waals surface area (Å²) in [6, 6.07) is 10.2. The van der Waals surface area contributed by atoms with Gasteiger partial charge in [0, 0.05) is 32.1 Å². The van der Waals surface area contributed by atoms with Crippen molar-refractivity contribution in [1.29, 1.82) is 0 Å². The molecule has 0 spiro atoms. The molecule has 0 unspecified atom stereocenters. The fourth-order valence-corrected chi connectivity index (χ4v) is 3.46. The molecule has 2 heterocycles. The average molecular weight is 315 g/mol. The molecule has 2 fully saturated rings. The monoisotopic (exact) mass is 315 g/mol. The van der Waals surface area contributed by atoms with E-state index in [0.29, 0.717) is 5.92 Å². The van der Waals surface area contributed by atoms with Gasteiger partial charge < -0.3 is 15.1 Å². The third-order valence-corrected chi connectivity index (χ3v) is 4.85. The molecule has 0 aromatic heterocycles. The molecule has 1 aromatic rings. The van der Waals surface area contributed by atoms with E-state index in [1.807, 2.05) is 28.0 Å². The Hall–Kier alpha value is -2.04. The lowest BCUT2D eigenvalue weighted by Gasteiger charge is -2.27. The Kier molecular flexibility index (Phi) is 5.16. The number of hydrogen-bond donors (Lipinski definition) is 1. The molecule has 5 nitrogen and oxygen atoms in total. The van der Waals surface area contributed by atoms with Crippen LogP contribution in [-0.4, -0.2) is 54.5 Å². The maximum atomic E-state index is 12.3. The molecule has 1 atom stereocenters. The van der Waals surface area contributed by atoms with Gasteiger partial charge in [-0.05, 0) is 31.2 Å². The van der Waals surface area contributed by atoms with E-state index >= 15 is 0 Å². The summed E-state index contributed by atoms with van der Waals surface area (Å²) in [5.41, 5.74) is 1.28. The first-order valence-corrected chi connectivity index (χ1v) is 8.59. The zero-order chi connectivity index (χ0) is 16.1. The van der Waals surface area contributed by atoms with E-state index in [0.717, 1.165) is 45.4 Å². The highest BCUT2D eigenvalue weighted by Gasteiger charge is 2.27. The van der Waals surface area contributed by atoms with Gasteiger partial charge in [-0.15, -0.1) is 0 Å². The summed E-state index contributed by atoms with van der Waals surface area (Å²) in [4.78, 5) is 28.0.